The van der Waals surface area contributed by atoms with Gasteiger partial charge in [0.2, 0.25) is 0 Å². The Hall–Kier alpha value is -1.19. The van der Waals surface area contributed by atoms with E-state index in [0.717, 1.165) is 10.7 Å². The molecule has 0 radical (unpaired) electrons. The molecule has 0 aliphatic heterocycles. The third kappa shape index (κ3) is 2.40. The molecule has 3 heteroatoms. The van der Waals surface area contributed by atoms with Gasteiger partial charge in [-0.1, -0.05) is 12.1 Å². The molecule has 2 nitrogen and oxygen atoms in total. The molecule has 1 atom stereocenters. The first kappa shape index (κ1) is 12.3. The lowest BCUT2D eigenvalue weighted by Gasteiger charge is -2.02. The number of rotatable bonds is 2. The first-order valence-corrected chi connectivity index (χ1v) is 6.61. The van der Waals surface area contributed by atoms with Gasteiger partial charge >= 0.3 is 0 Å². The summed E-state index contributed by atoms with van der Waals surface area (Å²) in [6, 6.07) is 6.53. The first-order chi connectivity index (χ1) is 7.99. The summed E-state index contributed by atoms with van der Waals surface area (Å²) in [4.78, 5) is 5.79. The molecular weight excluding hydrogens is 228 g/mol. The summed E-state index contributed by atoms with van der Waals surface area (Å²) >= 11 is 1.70. The molecule has 0 amide bonds. The minimum Gasteiger partial charge on any atom is -0.323 e. The van der Waals surface area contributed by atoms with Crippen LogP contribution in [0.3, 0.4) is 0 Å². The number of hydrogen-bond acceptors (Lipinski definition) is 3. The first-order valence-electron chi connectivity index (χ1n) is 5.79. The van der Waals surface area contributed by atoms with E-state index in [4.69, 9.17) is 5.73 Å². The Morgan fingerprint density at radius 2 is 1.88 bits per heavy atom. The second-order valence-electron chi connectivity index (χ2n) is 4.56. The SMILES string of the molecule is Cc1ccc(-c2nc(C)c(C(C)N)s2)cc1C. The van der Waals surface area contributed by atoms with Crippen LogP contribution in [0.2, 0.25) is 0 Å². The van der Waals surface area contributed by atoms with Gasteiger partial charge < -0.3 is 5.73 Å². The fourth-order valence-electron chi connectivity index (χ4n) is 1.83. The molecule has 1 heterocycles. The summed E-state index contributed by atoms with van der Waals surface area (Å²) in [6.07, 6.45) is 0. The molecule has 1 aromatic carbocycles. The second-order valence-corrected chi connectivity index (χ2v) is 5.59. The van der Waals surface area contributed by atoms with Crippen molar-refractivity contribution in [1.29, 1.82) is 0 Å². The number of aromatic nitrogens is 1. The van der Waals surface area contributed by atoms with E-state index in [0.29, 0.717) is 0 Å². The minimum absolute atomic E-state index is 0.0628. The molecule has 17 heavy (non-hydrogen) atoms. The van der Waals surface area contributed by atoms with Crippen molar-refractivity contribution in [1.82, 2.24) is 4.98 Å². The highest BCUT2D eigenvalue weighted by Crippen LogP contribution is 2.31. The van der Waals surface area contributed by atoms with Gasteiger partial charge in [-0.05, 0) is 44.9 Å². The molecule has 1 unspecified atom stereocenters. The van der Waals surface area contributed by atoms with Gasteiger partial charge in [0.1, 0.15) is 5.01 Å². The standard InChI is InChI=1S/C14H18N2S/c1-8-5-6-12(7-9(8)2)14-16-11(4)13(17-14)10(3)15/h5-7,10H,15H2,1-4H3. The van der Waals surface area contributed by atoms with Crippen molar-refractivity contribution < 1.29 is 0 Å². The second kappa shape index (κ2) is 4.59. The lowest BCUT2D eigenvalue weighted by Crippen LogP contribution is -2.03. The fourth-order valence-corrected chi connectivity index (χ4v) is 2.84. The normalized spacial score (nSPS) is 12.8. The molecule has 0 fully saturated rings. The largest absolute Gasteiger partial charge is 0.323 e. The minimum atomic E-state index is 0.0628. The highest BCUT2D eigenvalue weighted by atomic mass is 32.1. The summed E-state index contributed by atoms with van der Waals surface area (Å²) in [5.74, 6) is 0. The summed E-state index contributed by atoms with van der Waals surface area (Å²) in [5.41, 5.74) is 10.8. The van der Waals surface area contributed by atoms with Crippen molar-refractivity contribution in [2.24, 2.45) is 5.73 Å². The van der Waals surface area contributed by atoms with Gasteiger partial charge in [0.15, 0.2) is 0 Å². The Morgan fingerprint density at radius 3 is 2.41 bits per heavy atom. The van der Waals surface area contributed by atoms with Crippen molar-refractivity contribution in [2.75, 3.05) is 0 Å². The molecule has 2 N–H and O–H groups in total. The lowest BCUT2D eigenvalue weighted by molar-refractivity contribution is 0.825. The van der Waals surface area contributed by atoms with Crippen LogP contribution in [0.15, 0.2) is 18.2 Å². The van der Waals surface area contributed by atoms with E-state index in [1.165, 1.54) is 21.6 Å². The van der Waals surface area contributed by atoms with Crippen molar-refractivity contribution in [3.05, 3.63) is 39.9 Å². The van der Waals surface area contributed by atoms with E-state index in [1.807, 2.05) is 13.8 Å². The molecule has 0 saturated heterocycles. The molecule has 0 aliphatic carbocycles. The number of aryl methyl sites for hydroxylation is 3. The molecule has 2 aromatic rings. The van der Waals surface area contributed by atoms with Gasteiger partial charge in [-0.15, -0.1) is 11.3 Å². The van der Waals surface area contributed by atoms with E-state index in [2.05, 4.69) is 37.0 Å². The van der Waals surface area contributed by atoms with E-state index >= 15 is 0 Å². The van der Waals surface area contributed by atoms with E-state index in [9.17, 15) is 0 Å². The summed E-state index contributed by atoms with van der Waals surface area (Å²) in [7, 11) is 0. The van der Waals surface area contributed by atoms with Gasteiger partial charge in [0, 0.05) is 16.5 Å². The van der Waals surface area contributed by atoms with Crippen LogP contribution in [-0.2, 0) is 0 Å². The predicted molar refractivity (Wildman–Crippen MR) is 74.4 cm³/mol. The molecule has 1 aromatic heterocycles. The van der Waals surface area contributed by atoms with Crippen LogP contribution in [0.5, 0.6) is 0 Å². The molecule has 0 spiro atoms. The summed E-state index contributed by atoms with van der Waals surface area (Å²) in [6.45, 7) is 8.29. The molecule has 0 aliphatic rings. The highest BCUT2D eigenvalue weighted by Gasteiger charge is 2.12. The quantitative estimate of drug-likeness (QED) is 0.876. The molecule has 90 valence electrons. The maximum Gasteiger partial charge on any atom is 0.123 e. The van der Waals surface area contributed by atoms with Crippen molar-refractivity contribution in [3.63, 3.8) is 0 Å². The molecule has 0 saturated carbocycles. The molecular formula is C14H18N2S. The van der Waals surface area contributed by atoms with Gasteiger partial charge in [-0.2, -0.15) is 0 Å². The fraction of sp³-hybridized carbons (Fsp3) is 0.357. The van der Waals surface area contributed by atoms with Crippen LogP contribution in [0.25, 0.3) is 10.6 Å². The monoisotopic (exact) mass is 246 g/mol. The average molecular weight is 246 g/mol. The van der Waals surface area contributed by atoms with Crippen LogP contribution >= 0.6 is 11.3 Å². The van der Waals surface area contributed by atoms with Crippen molar-refractivity contribution in [2.45, 2.75) is 33.7 Å². The van der Waals surface area contributed by atoms with Gasteiger partial charge in [-0.3, -0.25) is 0 Å². The van der Waals surface area contributed by atoms with Crippen LogP contribution in [-0.4, -0.2) is 4.98 Å². The maximum absolute atomic E-state index is 5.93. The summed E-state index contributed by atoms with van der Waals surface area (Å²) in [5, 5.41) is 1.07. The van der Waals surface area contributed by atoms with Crippen LogP contribution < -0.4 is 5.73 Å². The Kier molecular flexibility index (Phi) is 3.31. The zero-order valence-electron chi connectivity index (χ0n) is 10.7. The van der Waals surface area contributed by atoms with E-state index in [-0.39, 0.29) is 6.04 Å². The zero-order chi connectivity index (χ0) is 12.6. The smallest absolute Gasteiger partial charge is 0.123 e. The number of hydrogen-bond donors (Lipinski definition) is 1. The topological polar surface area (TPSA) is 38.9 Å². The van der Waals surface area contributed by atoms with Crippen molar-refractivity contribution >= 4 is 11.3 Å². The highest BCUT2D eigenvalue weighted by molar-refractivity contribution is 7.15. The van der Waals surface area contributed by atoms with Gasteiger partial charge in [0.05, 0.1) is 5.69 Å². The third-order valence-electron chi connectivity index (χ3n) is 3.00. The lowest BCUT2D eigenvalue weighted by atomic mass is 10.1. The third-order valence-corrected chi connectivity index (χ3v) is 4.41. The maximum atomic E-state index is 5.93. The van der Waals surface area contributed by atoms with Crippen LogP contribution in [0.4, 0.5) is 0 Å². The average Bonchev–Trinajstić information content (AvgIpc) is 2.64. The summed E-state index contributed by atoms with van der Waals surface area (Å²) < 4.78 is 0. The van der Waals surface area contributed by atoms with Crippen LogP contribution in [0, 0.1) is 20.8 Å². The predicted octanol–water partition coefficient (Wildman–Crippen LogP) is 3.76. The molecule has 0 bridgehead atoms. The van der Waals surface area contributed by atoms with Crippen LogP contribution in [0.1, 0.15) is 34.7 Å². The number of benzene rings is 1. The molecule has 2 rings (SSSR count). The van der Waals surface area contributed by atoms with Crippen molar-refractivity contribution in [3.8, 4) is 10.6 Å². The number of thiazole rings is 1. The Labute approximate surface area is 107 Å². The van der Waals surface area contributed by atoms with Gasteiger partial charge in [-0.25, -0.2) is 4.98 Å². The van der Waals surface area contributed by atoms with E-state index in [1.54, 1.807) is 11.3 Å². The Balaban J connectivity index is 2.46. The van der Waals surface area contributed by atoms with E-state index < -0.39 is 0 Å². The zero-order valence-corrected chi connectivity index (χ0v) is 11.6. The number of nitrogens with two attached hydrogens (primary N) is 1. The Morgan fingerprint density at radius 1 is 1.18 bits per heavy atom. The van der Waals surface area contributed by atoms with Gasteiger partial charge in [0.25, 0.3) is 0 Å². The Bertz CT molecular complexity index is 541. The number of nitrogens with zero attached hydrogens (tertiary/aromatic N) is 1.